The quantitative estimate of drug-likeness (QED) is 0.890. The number of carbonyl (C=O) groups excluding carboxylic acids is 1. The van der Waals surface area contributed by atoms with E-state index in [-0.39, 0.29) is 11.7 Å². The van der Waals surface area contributed by atoms with Crippen molar-refractivity contribution in [2.75, 3.05) is 5.32 Å². The standard InChI is InChI=1S/C12H9Cl2NO2/c1-7-4-5-8(13)11(10(7)14)15-12(16)9-3-2-6-17-9/h2-6H,1H3,(H,15,16). The van der Waals surface area contributed by atoms with Gasteiger partial charge in [-0.05, 0) is 30.7 Å². The maximum absolute atomic E-state index is 11.8. The van der Waals surface area contributed by atoms with E-state index in [4.69, 9.17) is 27.6 Å². The molecule has 0 aliphatic rings. The van der Waals surface area contributed by atoms with Gasteiger partial charge in [0.25, 0.3) is 5.91 Å². The van der Waals surface area contributed by atoms with Crippen LogP contribution in [0.3, 0.4) is 0 Å². The number of anilines is 1. The monoisotopic (exact) mass is 269 g/mol. The summed E-state index contributed by atoms with van der Waals surface area (Å²) in [6.07, 6.45) is 1.42. The fourth-order valence-electron chi connectivity index (χ4n) is 1.35. The highest BCUT2D eigenvalue weighted by atomic mass is 35.5. The molecule has 1 aromatic heterocycles. The maximum atomic E-state index is 11.8. The molecular weight excluding hydrogens is 261 g/mol. The van der Waals surface area contributed by atoms with E-state index in [1.165, 1.54) is 6.26 Å². The highest BCUT2D eigenvalue weighted by molar-refractivity contribution is 6.40. The average molecular weight is 270 g/mol. The van der Waals surface area contributed by atoms with Crippen molar-refractivity contribution < 1.29 is 9.21 Å². The van der Waals surface area contributed by atoms with Crippen LogP contribution in [0.1, 0.15) is 16.1 Å². The SMILES string of the molecule is Cc1ccc(Cl)c(NC(=O)c2ccco2)c1Cl. The molecule has 0 aliphatic carbocycles. The smallest absolute Gasteiger partial charge is 0.291 e. The summed E-state index contributed by atoms with van der Waals surface area (Å²) in [5.41, 5.74) is 1.24. The summed E-state index contributed by atoms with van der Waals surface area (Å²) < 4.78 is 4.98. The molecule has 1 heterocycles. The predicted molar refractivity (Wildman–Crippen MR) is 67.9 cm³/mol. The molecule has 1 amide bonds. The van der Waals surface area contributed by atoms with Crippen LogP contribution in [-0.2, 0) is 0 Å². The van der Waals surface area contributed by atoms with Crippen LogP contribution in [0.15, 0.2) is 34.9 Å². The minimum atomic E-state index is -0.385. The van der Waals surface area contributed by atoms with Gasteiger partial charge in [-0.25, -0.2) is 0 Å². The van der Waals surface area contributed by atoms with Crippen molar-refractivity contribution in [1.29, 1.82) is 0 Å². The fraction of sp³-hybridized carbons (Fsp3) is 0.0833. The maximum Gasteiger partial charge on any atom is 0.291 e. The van der Waals surface area contributed by atoms with Crippen LogP contribution in [0.25, 0.3) is 0 Å². The van der Waals surface area contributed by atoms with Crippen LogP contribution in [0.2, 0.25) is 10.0 Å². The molecule has 2 aromatic rings. The Hall–Kier alpha value is -1.45. The topological polar surface area (TPSA) is 42.2 Å². The van der Waals surface area contributed by atoms with E-state index < -0.39 is 0 Å². The number of halogens is 2. The van der Waals surface area contributed by atoms with Crippen molar-refractivity contribution in [3.05, 3.63) is 51.9 Å². The first-order valence-corrected chi connectivity index (χ1v) is 5.64. The van der Waals surface area contributed by atoms with Gasteiger partial charge in [-0.15, -0.1) is 0 Å². The molecule has 1 aromatic carbocycles. The third-order valence-electron chi connectivity index (χ3n) is 2.27. The zero-order valence-electron chi connectivity index (χ0n) is 8.96. The molecule has 0 fully saturated rings. The molecule has 0 radical (unpaired) electrons. The highest BCUT2D eigenvalue weighted by Crippen LogP contribution is 2.33. The first-order chi connectivity index (χ1) is 8.09. The third-order valence-corrected chi connectivity index (χ3v) is 3.07. The van der Waals surface area contributed by atoms with Crippen LogP contribution in [0.5, 0.6) is 0 Å². The van der Waals surface area contributed by atoms with E-state index in [0.717, 1.165) is 5.56 Å². The van der Waals surface area contributed by atoms with Crippen molar-refractivity contribution in [1.82, 2.24) is 0 Å². The van der Waals surface area contributed by atoms with Gasteiger partial charge in [0.2, 0.25) is 0 Å². The van der Waals surface area contributed by atoms with Crippen molar-refractivity contribution >= 4 is 34.8 Å². The molecule has 0 bridgehead atoms. The number of nitrogens with one attached hydrogen (secondary N) is 1. The van der Waals surface area contributed by atoms with Gasteiger partial charge >= 0.3 is 0 Å². The summed E-state index contributed by atoms with van der Waals surface area (Å²) in [5, 5.41) is 3.44. The number of rotatable bonds is 2. The van der Waals surface area contributed by atoms with Gasteiger partial charge in [0.15, 0.2) is 5.76 Å². The molecule has 5 heteroatoms. The lowest BCUT2D eigenvalue weighted by Gasteiger charge is -2.09. The summed E-state index contributed by atoms with van der Waals surface area (Å²) in [7, 11) is 0. The minimum absolute atomic E-state index is 0.207. The Balaban J connectivity index is 2.31. The van der Waals surface area contributed by atoms with Gasteiger partial charge in [-0.1, -0.05) is 29.3 Å². The Bertz CT molecular complexity index is 550. The Morgan fingerprint density at radius 3 is 2.71 bits per heavy atom. The van der Waals surface area contributed by atoms with E-state index in [0.29, 0.717) is 15.7 Å². The van der Waals surface area contributed by atoms with Gasteiger partial charge in [0, 0.05) is 0 Å². The summed E-state index contributed by atoms with van der Waals surface area (Å²) >= 11 is 12.1. The van der Waals surface area contributed by atoms with Gasteiger partial charge < -0.3 is 9.73 Å². The van der Waals surface area contributed by atoms with Crippen molar-refractivity contribution in [3.63, 3.8) is 0 Å². The first-order valence-electron chi connectivity index (χ1n) is 4.89. The van der Waals surface area contributed by atoms with Crippen LogP contribution >= 0.6 is 23.2 Å². The number of hydrogen-bond donors (Lipinski definition) is 1. The molecule has 2 rings (SSSR count). The summed E-state index contributed by atoms with van der Waals surface area (Å²) in [6, 6.07) is 6.66. The molecule has 0 saturated carbocycles. The van der Waals surface area contributed by atoms with E-state index in [9.17, 15) is 4.79 Å². The summed E-state index contributed by atoms with van der Waals surface area (Å²) in [5.74, 6) is -0.178. The highest BCUT2D eigenvalue weighted by Gasteiger charge is 2.14. The Morgan fingerprint density at radius 1 is 1.29 bits per heavy atom. The van der Waals surface area contributed by atoms with E-state index in [2.05, 4.69) is 5.32 Å². The van der Waals surface area contributed by atoms with Crippen molar-refractivity contribution in [3.8, 4) is 0 Å². The van der Waals surface area contributed by atoms with Gasteiger partial charge in [-0.3, -0.25) is 4.79 Å². The van der Waals surface area contributed by atoms with Crippen molar-refractivity contribution in [2.24, 2.45) is 0 Å². The van der Waals surface area contributed by atoms with E-state index in [1.807, 2.05) is 6.92 Å². The molecule has 0 aliphatic heterocycles. The van der Waals surface area contributed by atoms with E-state index >= 15 is 0 Å². The number of carbonyl (C=O) groups is 1. The van der Waals surface area contributed by atoms with Gasteiger partial charge in [0.05, 0.1) is 22.0 Å². The second kappa shape index (κ2) is 4.82. The molecule has 88 valence electrons. The number of benzene rings is 1. The fourth-order valence-corrected chi connectivity index (χ4v) is 1.82. The molecule has 3 nitrogen and oxygen atoms in total. The molecule has 0 atom stereocenters. The minimum Gasteiger partial charge on any atom is -0.459 e. The average Bonchev–Trinajstić information content (AvgIpc) is 2.83. The van der Waals surface area contributed by atoms with Crippen LogP contribution < -0.4 is 5.32 Å². The van der Waals surface area contributed by atoms with Crippen LogP contribution in [0, 0.1) is 6.92 Å². The number of furan rings is 1. The molecular formula is C12H9Cl2NO2. The lowest BCUT2D eigenvalue weighted by atomic mass is 10.2. The third kappa shape index (κ3) is 2.46. The number of hydrogen-bond acceptors (Lipinski definition) is 2. The van der Waals surface area contributed by atoms with Crippen molar-refractivity contribution in [2.45, 2.75) is 6.92 Å². The largest absolute Gasteiger partial charge is 0.459 e. The second-order valence-corrected chi connectivity index (χ2v) is 4.27. The predicted octanol–water partition coefficient (Wildman–Crippen LogP) is 4.15. The Kier molecular flexibility index (Phi) is 3.41. The summed E-state index contributed by atoms with van der Waals surface area (Å²) in [4.78, 5) is 11.8. The number of aryl methyl sites for hydroxylation is 1. The Morgan fingerprint density at radius 2 is 2.06 bits per heavy atom. The normalized spacial score (nSPS) is 10.3. The lowest BCUT2D eigenvalue weighted by molar-refractivity contribution is 0.0996. The van der Waals surface area contributed by atoms with Crippen LogP contribution in [-0.4, -0.2) is 5.91 Å². The molecule has 0 unspecified atom stereocenters. The molecule has 0 saturated heterocycles. The Labute approximate surface area is 108 Å². The second-order valence-electron chi connectivity index (χ2n) is 3.48. The molecule has 1 N–H and O–H groups in total. The lowest BCUT2D eigenvalue weighted by Crippen LogP contribution is -2.11. The number of amides is 1. The van der Waals surface area contributed by atoms with Gasteiger partial charge in [0.1, 0.15) is 0 Å². The first kappa shape index (κ1) is 12.0. The zero-order valence-corrected chi connectivity index (χ0v) is 10.5. The molecule has 17 heavy (non-hydrogen) atoms. The summed E-state index contributed by atoms with van der Waals surface area (Å²) in [6.45, 7) is 1.83. The van der Waals surface area contributed by atoms with E-state index in [1.54, 1.807) is 24.3 Å². The zero-order chi connectivity index (χ0) is 12.4. The van der Waals surface area contributed by atoms with Crippen LogP contribution in [0.4, 0.5) is 5.69 Å². The van der Waals surface area contributed by atoms with Gasteiger partial charge in [-0.2, -0.15) is 0 Å². The molecule has 0 spiro atoms.